The van der Waals surface area contributed by atoms with Crippen LogP contribution in [0.15, 0.2) is 85.8 Å². The van der Waals surface area contributed by atoms with Gasteiger partial charge in [0.05, 0.1) is 18.1 Å². The summed E-state index contributed by atoms with van der Waals surface area (Å²) in [6.45, 7) is 7.23. The van der Waals surface area contributed by atoms with Gasteiger partial charge in [-0.2, -0.15) is 0 Å². The molecular weight excluding hydrogens is 392 g/mol. The summed E-state index contributed by atoms with van der Waals surface area (Å²) >= 11 is 0. The molecule has 2 N–H and O–H groups in total. The molecule has 0 aliphatic heterocycles. The van der Waals surface area contributed by atoms with E-state index in [0.29, 0.717) is 30.2 Å². The molecule has 2 heterocycles. The summed E-state index contributed by atoms with van der Waals surface area (Å²) in [6, 6.07) is 3.70. The van der Waals surface area contributed by atoms with Gasteiger partial charge in [-0.25, -0.2) is 13.8 Å². The van der Waals surface area contributed by atoms with Crippen molar-refractivity contribution in [3.8, 4) is 11.3 Å². The van der Waals surface area contributed by atoms with Crippen LogP contribution >= 0.6 is 0 Å². The lowest BCUT2D eigenvalue weighted by Gasteiger charge is -2.11. The van der Waals surface area contributed by atoms with Crippen molar-refractivity contribution in [1.82, 2.24) is 20.3 Å². The van der Waals surface area contributed by atoms with Crippen LogP contribution in [0, 0.1) is 0 Å². The highest BCUT2D eigenvalue weighted by Gasteiger charge is 2.06. The molecule has 0 saturated carbocycles. The highest BCUT2D eigenvalue weighted by Crippen LogP contribution is 2.16. The summed E-state index contributed by atoms with van der Waals surface area (Å²) < 4.78 is 29.9. The number of hydrogen-bond acceptors (Lipinski definition) is 6. The molecule has 30 heavy (non-hydrogen) atoms. The van der Waals surface area contributed by atoms with E-state index < -0.39 is 18.3 Å². The van der Waals surface area contributed by atoms with Gasteiger partial charge in [-0.1, -0.05) is 13.2 Å². The van der Waals surface area contributed by atoms with Gasteiger partial charge in [0.25, 0.3) is 5.91 Å². The van der Waals surface area contributed by atoms with Gasteiger partial charge < -0.3 is 15.4 Å². The number of ether oxygens (including phenoxy) is 1. The number of rotatable bonds is 11. The van der Waals surface area contributed by atoms with Gasteiger partial charge in [-0.05, 0) is 18.2 Å². The first-order valence-corrected chi connectivity index (χ1v) is 8.88. The molecule has 1 amide bonds. The summed E-state index contributed by atoms with van der Waals surface area (Å²) in [5.41, 5.74) is 1.98. The molecule has 0 unspecified atom stereocenters. The van der Waals surface area contributed by atoms with Crippen LogP contribution in [-0.2, 0) is 9.53 Å². The maximum Gasteiger partial charge on any atom is 0.262 e. The van der Waals surface area contributed by atoms with Crippen molar-refractivity contribution in [3.63, 3.8) is 0 Å². The summed E-state index contributed by atoms with van der Waals surface area (Å²) in [5.74, 6) is -1.13. The highest BCUT2D eigenvalue weighted by molar-refractivity contribution is 5.79. The summed E-state index contributed by atoms with van der Waals surface area (Å²) in [5, 5.41) is 5.67. The van der Waals surface area contributed by atoms with Crippen molar-refractivity contribution >= 4 is 11.7 Å². The molecule has 7 nitrogen and oxygen atoms in total. The molecule has 0 spiro atoms. The van der Waals surface area contributed by atoms with Crippen molar-refractivity contribution in [3.05, 3.63) is 85.8 Å². The average Bonchev–Trinajstić information content (AvgIpc) is 2.77. The van der Waals surface area contributed by atoms with Gasteiger partial charge >= 0.3 is 0 Å². The van der Waals surface area contributed by atoms with Crippen molar-refractivity contribution in [2.75, 3.05) is 18.5 Å². The predicted octanol–water partition coefficient (Wildman–Crippen LogP) is 3.84. The fourth-order valence-corrected chi connectivity index (χ4v) is 2.22. The molecule has 0 bridgehead atoms. The van der Waals surface area contributed by atoms with E-state index in [9.17, 15) is 13.6 Å². The number of pyridine rings is 1. The second kappa shape index (κ2) is 11.8. The number of carbonyl (C=O) groups is 1. The SMILES string of the molecule is C=C/C(=C\C(F)=C\F)OCC(=O)NC(=C)CCNc1cncc(-c2cccnc2)n1. The van der Waals surface area contributed by atoms with E-state index in [1.807, 2.05) is 12.1 Å². The Morgan fingerprint density at radius 3 is 2.80 bits per heavy atom. The number of nitrogens with one attached hydrogen (secondary N) is 2. The Balaban J connectivity index is 1.76. The number of nitrogens with zero attached hydrogens (tertiary/aromatic N) is 3. The predicted molar refractivity (Wildman–Crippen MR) is 110 cm³/mol. The molecule has 0 atom stereocenters. The van der Waals surface area contributed by atoms with Crippen LogP contribution in [-0.4, -0.2) is 34.0 Å². The van der Waals surface area contributed by atoms with Gasteiger partial charge in [-0.3, -0.25) is 14.8 Å². The number of carbonyl (C=O) groups excluding carboxylic acids is 1. The zero-order valence-electron chi connectivity index (χ0n) is 16.1. The molecular formula is C21H21F2N5O2. The molecule has 2 aromatic heterocycles. The zero-order valence-corrected chi connectivity index (χ0v) is 16.1. The second-order valence-corrected chi connectivity index (χ2v) is 5.89. The van der Waals surface area contributed by atoms with Crippen LogP contribution in [0.5, 0.6) is 0 Å². The van der Waals surface area contributed by atoms with Crippen LogP contribution in [0.2, 0.25) is 0 Å². The van der Waals surface area contributed by atoms with E-state index in [0.717, 1.165) is 17.7 Å². The van der Waals surface area contributed by atoms with Gasteiger partial charge in [0.2, 0.25) is 0 Å². The lowest BCUT2D eigenvalue weighted by Crippen LogP contribution is -2.27. The molecule has 0 aliphatic carbocycles. The number of allylic oxidation sites excluding steroid dienone is 3. The number of aromatic nitrogens is 3. The summed E-state index contributed by atoms with van der Waals surface area (Å²) in [7, 11) is 0. The van der Waals surface area contributed by atoms with Crippen LogP contribution in [0.25, 0.3) is 11.3 Å². The van der Waals surface area contributed by atoms with E-state index >= 15 is 0 Å². The standard InChI is InChI=1S/C21H21F2N5O2/c1-3-18(9-17(23)10-22)30-14-21(29)27-15(2)6-8-26-20-13-25-12-19(28-20)16-5-4-7-24-11-16/h3-5,7,9-13H,1-2,6,8,14H2,(H,26,28)(H,27,29)/b17-10-,18-9+. The van der Waals surface area contributed by atoms with Gasteiger partial charge in [0.1, 0.15) is 17.9 Å². The normalized spacial score (nSPS) is 11.5. The third-order valence-electron chi connectivity index (χ3n) is 3.60. The third-order valence-corrected chi connectivity index (χ3v) is 3.60. The van der Waals surface area contributed by atoms with Crippen LogP contribution in [0.4, 0.5) is 14.6 Å². The molecule has 9 heteroatoms. The summed E-state index contributed by atoms with van der Waals surface area (Å²) in [6.07, 6.45) is 8.74. The van der Waals surface area contributed by atoms with Crippen LogP contribution < -0.4 is 10.6 Å². The highest BCUT2D eigenvalue weighted by atomic mass is 19.2. The minimum atomic E-state index is -1.14. The van der Waals surface area contributed by atoms with E-state index in [1.165, 1.54) is 0 Å². The number of anilines is 1. The Kier molecular flexibility index (Phi) is 8.85. The minimum Gasteiger partial charge on any atom is -0.484 e. The Morgan fingerprint density at radius 2 is 2.10 bits per heavy atom. The first-order valence-electron chi connectivity index (χ1n) is 8.88. The molecule has 0 saturated heterocycles. The average molecular weight is 413 g/mol. The first-order chi connectivity index (χ1) is 14.5. The maximum absolute atomic E-state index is 12.9. The molecule has 2 rings (SSSR count). The first kappa shape index (κ1) is 22.4. The van der Waals surface area contributed by atoms with Crippen molar-refractivity contribution in [1.29, 1.82) is 0 Å². The lowest BCUT2D eigenvalue weighted by atomic mass is 10.2. The second-order valence-electron chi connectivity index (χ2n) is 5.89. The van der Waals surface area contributed by atoms with Crippen molar-refractivity contribution < 1.29 is 18.3 Å². The molecule has 2 aromatic rings. The van der Waals surface area contributed by atoms with E-state index in [-0.39, 0.29) is 12.1 Å². The molecule has 156 valence electrons. The lowest BCUT2D eigenvalue weighted by molar-refractivity contribution is -0.123. The maximum atomic E-state index is 12.9. The smallest absolute Gasteiger partial charge is 0.262 e. The number of amides is 1. The Hall–Kier alpha value is -3.88. The van der Waals surface area contributed by atoms with Crippen LogP contribution in [0.3, 0.4) is 0 Å². The van der Waals surface area contributed by atoms with E-state index in [4.69, 9.17) is 4.74 Å². The van der Waals surface area contributed by atoms with Gasteiger partial charge in [0, 0.05) is 42.7 Å². The van der Waals surface area contributed by atoms with E-state index in [2.05, 4.69) is 38.7 Å². The Morgan fingerprint density at radius 1 is 1.27 bits per heavy atom. The number of halogens is 2. The summed E-state index contributed by atoms with van der Waals surface area (Å²) in [4.78, 5) is 24.5. The molecule has 0 radical (unpaired) electrons. The monoisotopic (exact) mass is 413 g/mol. The van der Waals surface area contributed by atoms with Crippen LogP contribution in [0.1, 0.15) is 6.42 Å². The molecule has 0 aromatic carbocycles. The quantitative estimate of drug-likeness (QED) is 0.430. The number of hydrogen-bond donors (Lipinski definition) is 2. The Bertz CT molecular complexity index is 945. The van der Waals surface area contributed by atoms with Crippen molar-refractivity contribution in [2.24, 2.45) is 0 Å². The van der Waals surface area contributed by atoms with Crippen molar-refractivity contribution in [2.45, 2.75) is 6.42 Å². The fraction of sp³-hybridized carbons (Fsp3) is 0.143. The van der Waals surface area contributed by atoms with Gasteiger partial charge in [0.15, 0.2) is 12.4 Å². The van der Waals surface area contributed by atoms with E-state index in [1.54, 1.807) is 24.8 Å². The molecule has 0 aliphatic rings. The zero-order chi connectivity index (χ0) is 21.8. The molecule has 0 fully saturated rings. The van der Waals surface area contributed by atoms with Gasteiger partial charge in [-0.15, -0.1) is 0 Å². The largest absolute Gasteiger partial charge is 0.484 e. The topological polar surface area (TPSA) is 89.0 Å². The minimum absolute atomic E-state index is 0.0732. The fourth-order valence-electron chi connectivity index (χ4n) is 2.22. The Labute approximate surface area is 172 Å². The third kappa shape index (κ3) is 7.63.